The van der Waals surface area contributed by atoms with Crippen LogP contribution in [0.1, 0.15) is 11.1 Å². The topological polar surface area (TPSA) is 20.2 Å². The highest BCUT2D eigenvalue weighted by Gasteiger charge is 2.10. The molecule has 0 saturated carbocycles. The number of aromatic hydroxyl groups is 1. The molecule has 0 aliphatic heterocycles. The Morgan fingerprint density at radius 1 is 0.609 bits per heavy atom. The summed E-state index contributed by atoms with van der Waals surface area (Å²) in [6.45, 7) is 4.24. The van der Waals surface area contributed by atoms with E-state index in [1.54, 1.807) is 0 Å². The lowest BCUT2D eigenvalue weighted by atomic mass is 9.93. The minimum atomic E-state index is 0.338. The number of benzene rings is 4. The van der Waals surface area contributed by atoms with Crippen molar-refractivity contribution in [2.45, 2.75) is 13.8 Å². The van der Waals surface area contributed by atoms with Crippen LogP contribution in [0, 0.1) is 13.8 Å². The van der Waals surface area contributed by atoms with Gasteiger partial charge in [0, 0.05) is 5.39 Å². The average molecular weight is 298 g/mol. The van der Waals surface area contributed by atoms with Crippen molar-refractivity contribution in [3.05, 3.63) is 77.9 Å². The summed E-state index contributed by atoms with van der Waals surface area (Å²) in [5, 5.41) is 14.7. The highest BCUT2D eigenvalue weighted by Crippen LogP contribution is 2.37. The van der Waals surface area contributed by atoms with Crippen LogP contribution < -0.4 is 0 Å². The zero-order chi connectivity index (χ0) is 16.0. The summed E-state index contributed by atoms with van der Waals surface area (Å²) in [4.78, 5) is 0. The zero-order valence-corrected chi connectivity index (χ0v) is 13.3. The maximum atomic E-state index is 10.4. The summed E-state index contributed by atoms with van der Waals surface area (Å²) in [6, 6.07) is 22.9. The monoisotopic (exact) mass is 298 g/mol. The molecule has 1 heteroatoms. The first-order valence-electron chi connectivity index (χ1n) is 7.85. The lowest BCUT2D eigenvalue weighted by Gasteiger charge is -2.12. The van der Waals surface area contributed by atoms with Crippen molar-refractivity contribution in [3.63, 3.8) is 0 Å². The maximum Gasteiger partial charge on any atom is 0.124 e. The van der Waals surface area contributed by atoms with Gasteiger partial charge in [-0.25, -0.2) is 0 Å². The molecule has 0 bridgehead atoms. The van der Waals surface area contributed by atoms with Crippen molar-refractivity contribution in [1.29, 1.82) is 0 Å². The number of fused-ring (bicyclic) bond motifs is 3. The fourth-order valence-corrected chi connectivity index (χ4v) is 3.49. The Morgan fingerprint density at radius 2 is 1.22 bits per heavy atom. The predicted octanol–water partition coefficient (Wildman–Crippen LogP) is 5.98. The summed E-state index contributed by atoms with van der Waals surface area (Å²) in [5.41, 5.74) is 4.86. The third-order valence-electron chi connectivity index (χ3n) is 4.41. The molecule has 0 atom stereocenters. The molecule has 0 aliphatic rings. The Hall–Kier alpha value is -2.80. The van der Waals surface area contributed by atoms with Gasteiger partial charge in [-0.3, -0.25) is 0 Å². The van der Waals surface area contributed by atoms with Crippen LogP contribution >= 0.6 is 0 Å². The summed E-state index contributed by atoms with van der Waals surface area (Å²) in [5.74, 6) is 0.338. The summed E-state index contributed by atoms with van der Waals surface area (Å²) in [6.07, 6.45) is 0. The number of rotatable bonds is 1. The van der Waals surface area contributed by atoms with Crippen molar-refractivity contribution < 1.29 is 5.11 Å². The highest BCUT2D eigenvalue weighted by molar-refractivity contribution is 6.14. The first-order valence-corrected chi connectivity index (χ1v) is 7.85. The fraction of sp³-hybridized carbons (Fsp3) is 0.0909. The third-order valence-corrected chi connectivity index (χ3v) is 4.41. The Balaban J connectivity index is 2.13. The van der Waals surface area contributed by atoms with E-state index in [0.29, 0.717) is 5.75 Å². The van der Waals surface area contributed by atoms with Crippen LogP contribution in [0.15, 0.2) is 66.7 Å². The van der Waals surface area contributed by atoms with E-state index in [9.17, 15) is 5.11 Å². The molecule has 0 spiro atoms. The minimum Gasteiger partial charge on any atom is -0.507 e. The Kier molecular flexibility index (Phi) is 3.09. The molecule has 0 aliphatic carbocycles. The molecule has 4 rings (SSSR count). The van der Waals surface area contributed by atoms with E-state index in [0.717, 1.165) is 21.7 Å². The molecule has 0 aromatic heterocycles. The predicted molar refractivity (Wildman–Crippen MR) is 98.0 cm³/mol. The van der Waals surface area contributed by atoms with Gasteiger partial charge in [-0.2, -0.15) is 0 Å². The van der Waals surface area contributed by atoms with Crippen molar-refractivity contribution >= 4 is 21.5 Å². The van der Waals surface area contributed by atoms with Crippen LogP contribution in [0.5, 0.6) is 5.75 Å². The number of hydrogen-bond donors (Lipinski definition) is 1. The van der Waals surface area contributed by atoms with Gasteiger partial charge < -0.3 is 5.11 Å². The molecule has 0 saturated heterocycles. The summed E-state index contributed by atoms with van der Waals surface area (Å²) in [7, 11) is 0. The third kappa shape index (κ3) is 2.25. The van der Waals surface area contributed by atoms with Gasteiger partial charge in [0.2, 0.25) is 0 Å². The van der Waals surface area contributed by atoms with E-state index in [-0.39, 0.29) is 0 Å². The molecule has 0 heterocycles. The van der Waals surface area contributed by atoms with Crippen molar-refractivity contribution in [2.24, 2.45) is 0 Å². The summed E-state index contributed by atoms with van der Waals surface area (Å²) < 4.78 is 0. The van der Waals surface area contributed by atoms with Gasteiger partial charge in [-0.15, -0.1) is 0 Å². The van der Waals surface area contributed by atoms with Crippen LogP contribution in [0.3, 0.4) is 0 Å². The second kappa shape index (κ2) is 5.13. The normalized spacial score (nSPS) is 11.2. The molecular formula is C22H18O. The molecule has 4 aromatic carbocycles. The second-order valence-electron chi connectivity index (χ2n) is 6.22. The fourth-order valence-electron chi connectivity index (χ4n) is 3.49. The quantitative estimate of drug-likeness (QED) is 0.428. The molecule has 1 N–H and O–H groups in total. The number of aryl methyl sites for hydroxylation is 2. The van der Waals surface area contributed by atoms with E-state index < -0.39 is 0 Å². The number of hydrogen-bond acceptors (Lipinski definition) is 1. The van der Waals surface area contributed by atoms with Crippen LogP contribution in [-0.4, -0.2) is 5.11 Å². The van der Waals surface area contributed by atoms with Gasteiger partial charge in [-0.1, -0.05) is 71.8 Å². The van der Waals surface area contributed by atoms with E-state index >= 15 is 0 Å². The molecule has 23 heavy (non-hydrogen) atoms. The standard InChI is InChI=1S/C22H18O/c1-14-10-15(2)12-16(11-14)17-8-5-9-19-18-6-3-4-7-20(18)22(23)13-21(17)19/h3-13,23H,1-2H3. The van der Waals surface area contributed by atoms with Gasteiger partial charge in [0.05, 0.1) is 0 Å². The lowest BCUT2D eigenvalue weighted by Crippen LogP contribution is -1.86. The van der Waals surface area contributed by atoms with Gasteiger partial charge in [0.1, 0.15) is 5.75 Å². The number of phenolic OH excluding ortho intramolecular Hbond substituents is 1. The summed E-state index contributed by atoms with van der Waals surface area (Å²) >= 11 is 0. The van der Waals surface area contributed by atoms with Crippen LogP contribution in [0.25, 0.3) is 32.7 Å². The van der Waals surface area contributed by atoms with Gasteiger partial charge in [-0.05, 0) is 47.2 Å². The molecular weight excluding hydrogens is 280 g/mol. The molecule has 0 unspecified atom stereocenters. The van der Waals surface area contributed by atoms with Crippen molar-refractivity contribution in [3.8, 4) is 16.9 Å². The van der Waals surface area contributed by atoms with E-state index in [1.165, 1.54) is 22.1 Å². The molecule has 112 valence electrons. The maximum absolute atomic E-state index is 10.4. The first kappa shape index (κ1) is 13.8. The van der Waals surface area contributed by atoms with E-state index in [1.807, 2.05) is 24.3 Å². The largest absolute Gasteiger partial charge is 0.507 e. The molecule has 0 radical (unpaired) electrons. The highest BCUT2D eigenvalue weighted by atomic mass is 16.3. The van der Waals surface area contributed by atoms with Gasteiger partial charge >= 0.3 is 0 Å². The van der Waals surface area contributed by atoms with E-state index in [2.05, 4.69) is 56.3 Å². The SMILES string of the molecule is Cc1cc(C)cc(-c2cccc3c2cc(O)c2ccccc23)c1. The molecule has 1 nitrogen and oxygen atoms in total. The van der Waals surface area contributed by atoms with Crippen molar-refractivity contribution in [2.75, 3.05) is 0 Å². The van der Waals surface area contributed by atoms with Crippen LogP contribution in [0.4, 0.5) is 0 Å². The van der Waals surface area contributed by atoms with E-state index in [4.69, 9.17) is 0 Å². The number of phenols is 1. The average Bonchev–Trinajstić information content (AvgIpc) is 2.54. The Morgan fingerprint density at radius 3 is 1.96 bits per heavy atom. The van der Waals surface area contributed by atoms with Crippen molar-refractivity contribution in [1.82, 2.24) is 0 Å². The first-order chi connectivity index (χ1) is 11.1. The lowest BCUT2D eigenvalue weighted by molar-refractivity contribution is 0.482. The van der Waals surface area contributed by atoms with Gasteiger partial charge in [0.25, 0.3) is 0 Å². The van der Waals surface area contributed by atoms with Crippen LogP contribution in [-0.2, 0) is 0 Å². The van der Waals surface area contributed by atoms with Gasteiger partial charge in [0.15, 0.2) is 0 Å². The Bertz CT molecular complexity index is 1020. The minimum absolute atomic E-state index is 0.338. The molecule has 4 aromatic rings. The smallest absolute Gasteiger partial charge is 0.124 e. The Labute approximate surface area is 135 Å². The molecule has 0 amide bonds. The van der Waals surface area contributed by atoms with Crippen LogP contribution in [0.2, 0.25) is 0 Å². The second-order valence-corrected chi connectivity index (χ2v) is 6.22. The molecule has 0 fully saturated rings. The zero-order valence-electron chi connectivity index (χ0n) is 13.3.